The van der Waals surface area contributed by atoms with Crippen LogP contribution in [0.3, 0.4) is 0 Å². The summed E-state index contributed by atoms with van der Waals surface area (Å²) in [4.78, 5) is 23.9. The summed E-state index contributed by atoms with van der Waals surface area (Å²) in [6.07, 6.45) is 3.39. The van der Waals surface area contributed by atoms with E-state index in [0.29, 0.717) is 22.6 Å². The summed E-state index contributed by atoms with van der Waals surface area (Å²) in [6.45, 7) is 4.98. The van der Waals surface area contributed by atoms with Gasteiger partial charge in [0.25, 0.3) is 5.56 Å². The molecule has 0 aliphatic carbocycles. The zero-order chi connectivity index (χ0) is 18.2. The van der Waals surface area contributed by atoms with Gasteiger partial charge in [0.05, 0.1) is 17.3 Å². The third-order valence-electron chi connectivity index (χ3n) is 3.67. The molecule has 2 heterocycles. The Morgan fingerprint density at radius 1 is 1.32 bits per heavy atom. The summed E-state index contributed by atoms with van der Waals surface area (Å²) >= 11 is 0. The van der Waals surface area contributed by atoms with Crippen molar-refractivity contribution in [1.29, 1.82) is 5.26 Å². The van der Waals surface area contributed by atoms with Gasteiger partial charge in [-0.2, -0.15) is 5.26 Å². The molecule has 0 radical (unpaired) electrons. The maximum atomic E-state index is 12.7. The molecule has 0 N–H and O–H groups in total. The number of pyridine rings is 1. The van der Waals surface area contributed by atoms with Crippen LogP contribution in [0, 0.1) is 11.3 Å². The summed E-state index contributed by atoms with van der Waals surface area (Å²) in [5.41, 5.74) is 0.544. The van der Waals surface area contributed by atoms with Crippen molar-refractivity contribution in [2.45, 2.75) is 26.4 Å². The molecule has 0 amide bonds. The quantitative estimate of drug-likeness (QED) is 0.788. The number of ether oxygens (including phenoxy) is 2. The molecule has 0 saturated heterocycles. The highest BCUT2D eigenvalue weighted by atomic mass is 16.5. The second-order valence-corrected chi connectivity index (χ2v) is 6.20. The summed E-state index contributed by atoms with van der Waals surface area (Å²) < 4.78 is 12.3. The minimum Gasteiger partial charge on any atom is -0.483 e. The molecule has 0 spiro atoms. The third-order valence-corrected chi connectivity index (χ3v) is 3.67. The van der Waals surface area contributed by atoms with Gasteiger partial charge in [-0.3, -0.25) is 14.2 Å². The predicted octanol–water partition coefficient (Wildman–Crippen LogP) is 2.71. The Bertz CT molecular complexity index is 993. The van der Waals surface area contributed by atoms with Crippen LogP contribution in [0.25, 0.3) is 5.70 Å². The van der Waals surface area contributed by atoms with Gasteiger partial charge in [0.15, 0.2) is 5.75 Å². The van der Waals surface area contributed by atoms with E-state index in [9.17, 15) is 9.59 Å². The largest absolute Gasteiger partial charge is 0.483 e. The molecule has 0 atom stereocenters. The number of rotatable bonds is 2. The molecule has 25 heavy (non-hydrogen) atoms. The highest BCUT2D eigenvalue weighted by Gasteiger charge is 2.28. The zero-order valence-electron chi connectivity index (χ0n) is 14.1. The molecule has 0 bridgehead atoms. The minimum atomic E-state index is -0.645. The number of aromatic nitrogens is 1. The summed E-state index contributed by atoms with van der Waals surface area (Å²) in [7, 11) is 0. The van der Waals surface area contributed by atoms with Crippen LogP contribution in [0.1, 0.15) is 31.9 Å². The van der Waals surface area contributed by atoms with E-state index in [-0.39, 0.29) is 5.75 Å². The Kier molecular flexibility index (Phi) is 3.93. The third kappa shape index (κ3) is 3.17. The molecule has 1 aliphatic rings. The fourth-order valence-corrected chi connectivity index (χ4v) is 2.70. The number of hydrogen-bond donors (Lipinski definition) is 0. The van der Waals surface area contributed by atoms with Crippen LogP contribution in [0.4, 0.5) is 0 Å². The van der Waals surface area contributed by atoms with E-state index in [1.54, 1.807) is 36.5 Å². The first-order valence-electron chi connectivity index (χ1n) is 7.67. The van der Waals surface area contributed by atoms with Gasteiger partial charge in [-0.1, -0.05) is 0 Å². The first-order chi connectivity index (χ1) is 11.8. The van der Waals surface area contributed by atoms with Crippen molar-refractivity contribution in [2.75, 3.05) is 0 Å². The molecule has 2 aromatic rings. The topological polar surface area (TPSA) is 81.3 Å². The molecular formula is C19H16N2O4. The number of benzene rings is 1. The van der Waals surface area contributed by atoms with Gasteiger partial charge in [-0.05, 0) is 50.3 Å². The molecule has 1 aliphatic heterocycles. The van der Waals surface area contributed by atoms with Crippen molar-refractivity contribution in [3.05, 3.63) is 64.1 Å². The number of carbonyl (C=O) groups excluding carboxylic acids is 1. The van der Waals surface area contributed by atoms with Crippen molar-refractivity contribution >= 4 is 11.7 Å². The molecule has 126 valence electrons. The van der Waals surface area contributed by atoms with Gasteiger partial charge >= 0.3 is 5.97 Å². The SMILES string of the molecule is CC(=O)Oc1cccn(C2=CC(C)(C)Oc3ccc(C#N)cc32)c1=O. The summed E-state index contributed by atoms with van der Waals surface area (Å²) in [5, 5.41) is 9.16. The fourth-order valence-electron chi connectivity index (χ4n) is 2.70. The smallest absolute Gasteiger partial charge is 0.308 e. The molecule has 0 unspecified atom stereocenters. The fraction of sp³-hybridized carbons (Fsp3) is 0.211. The predicted molar refractivity (Wildman–Crippen MR) is 91.3 cm³/mol. The van der Waals surface area contributed by atoms with Gasteiger partial charge in [0.1, 0.15) is 11.4 Å². The van der Waals surface area contributed by atoms with E-state index >= 15 is 0 Å². The molecule has 3 rings (SSSR count). The van der Waals surface area contributed by atoms with Crippen LogP contribution < -0.4 is 15.0 Å². The molecule has 1 aromatic carbocycles. The van der Waals surface area contributed by atoms with Gasteiger partial charge in [-0.15, -0.1) is 0 Å². The molecular weight excluding hydrogens is 320 g/mol. The van der Waals surface area contributed by atoms with Crippen LogP contribution in [-0.4, -0.2) is 16.1 Å². The number of carbonyl (C=O) groups is 1. The van der Waals surface area contributed by atoms with E-state index in [4.69, 9.17) is 14.7 Å². The molecule has 6 heteroatoms. The summed E-state index contributed by atoms with van der Waals surface area (Å²) in [5.74, 6) is -0.0484. The zero-order valence-corrected chi connectivity index (χ0v) is 14.1. The Hall–Kier alpha value is -3.33. The van der Waals surface area contributed by atoms with Crippen LogP contribution in [0.15, 0.2) is 47.4 Å². The van der Waals surface area contributed by atoms with Crippen molar-refractivity contribution in [3.63, 3.8) is 0 Å². The second kappa shape index (κ2) is 5.95. The van der Waals surface area contributed by atoms with Gasteiger partial charge < -0.3 is 9.47 Å². The molecule has 6 nitrogen and oxygen atoms in total. The number of nitrogens with zero attached hydrogens (tertiary/aromatic N) is 2. The molecule has 0 fully saturated rings. The first kappa shape index (κ1) is 16.5. The Balaban J connectivity index is 2.23. The van der Waals surface area contributed by atoms with Crippen LogP contribution in [0.2, 0.25) is 0 Å². The van der Waals surface area contributed by atoms with Gasteiger partial charge in [-0.25, -0.2) is 0 Å². The highest BCUT2D eigenvalue weighted by molar-refractivity contribution is 5.75. The molecule has 1 aromatic heterocycles. The van der Waals surface area contributed by atoms with Gasteiger partial charge in [0, 0.05) is 18.7 Å². The van der Waals surface area contributed by atoms with E-state index in [0.717, 1.165) is 0 Å². The van der Waals surface area contributed by atoms with Crippen LogP contribution in [0.5, 0.6) is 11.5 Å². The lowest BCUT2D eigenvalue weighted by atomic mass is 9.97. The van der Waals surface area contributed by atoms with Crippen molar-refractivity contribution in [3.8, 4) is 17.6 Å². The average molecular weight is 336 g/mol. The van der Waals surface area contributed by atoms with Crippen LogP contribution in [-0.2, 0) is 4.79 Å². The molecule has 0 saturated carbocycles. The first-order valence-corrected chi connectivity index (χ1v) is 7.67. The van der Waals surface area contributed by atoms with E-state index in [1.807, 2.05) is 13.8 Å². The number of esters is 1. The monoisotopic (exact) mass is 336 g/mol. The van der Waals surface area contributed by atoms with Crippen LogP contribution >= 0.6 is 0 Å². The van der Waals surface area contributed by atoms with Crippen molar-refractivity contribution in [1.82, 2.24) is 4.57 Å². The standard InChI is InChI=1S/C19H16N2O4/c1-12(22)24-17-5-4-8-21(18(17)23)15-10-19(2,3)25-16-7-6-13(11-20)9-14(15)16/h4-10H,1-3H3. The maximum absolute atomic E-state index is 12.7. The lowest BCUT2D eigenvalue weighted by Crippen LogP contribution is -2.32. The number of hydrogen-bond acceptors (Lipinski definition) is 5. The van der Waals surface area contributed by atoms with Gasteiger partial charge in [0.2, 0.25) is 0 Å². The maximum Gasteiger partial charge on any atom is 0.308 e. The Morgan fingerprint density at radius 3 is 2.76 bits per heavy atom. The second-order valence-electron chi connectivity index (χ2n) is 6.20. The van der Waals surface area contributed by atoms with E-state index in [1.165, 1.54) is 17.6 Å². The van der Waals surface area contributed by atoms with E-state index in [2.05, 4.69) is 6.07 Å². The summed E-state index contributed by atoms with van der Waals surface area (Å²) in [6, 6.07) is 10.2. The van der Waals surface area contributed by atoms with Crippen molar-refractivity contribution < 1.29 is 14.3 Å². The van der Waals surface area contributed by atoms with E-state index < -0.39 is 17.1 Å². The number of fused-ring (bicyclic) bond motifs is 1. The number of nitriles is 1. The Morgan fingerprint density at radius 2 is 2.08 bits per heavy atom. The van der Waals surface area contributed by atoms with Crippen molar-refractivity contribution in [2.24, 2.45) is 0 Å². The average Bonchev–Trinajstić information content (AvgIpc) is 2.54. The highest BCUT2D eigenvalue weighted by Crippen LogP contribution is 2.36. The Labute approximate surface area is 144 Å². The normalized spacial score (nSPS) is 14.6. The minimum absolute atomic E-state index is 0.0572. The lowest BCUT2D eigenvalue weighted by Gasteiger charge is -2.31. The lowest BCUT2D eigenvalue weighted by molar-refractivity contribution is -0.132.